The second-order valence-corrected chi connectivity index (χ2v) is 22.7. The monoisotopic (exact) mass is 506 g/mol. The molecule has 4 unspecified atom stereocenters. The number of carbonyl (C=O) groups is 2. The van der Waals surface area contributed by atoms with Crippen molar-refractivity contribution in [1.82, 2.24) is 0 Å². The summed E-state index contributed by atoms with van der Waals surface area (Å²) in [5.74, 6) is -0.502. The van der Waals surface area contributed by atoms with Crippen LogP contribution in [0.3, 0.4) is 0 Å². The van der Waals surface area contributed by atoms with Gasteiger partial charge in [0.1, 0.15) is 5.60 Å². The highest BCUT2D eigenvalue weighted by atomic mass is 28.4. The molecule has 34 heavy (non-hydrogen) atoms. The van der Waals surface area contributed by atoms with Crippen molar-refractivity contribution in [1.29, 1.82) is 0 Å². The lowest BCUT2D eigenvalue weighted by Gasteiger charge is -2.51. The summed E-state index contributed by atoms with van der Waals surface area (Å²) in [5, 5.41) is 0. The molecule has 1 heterocycles. The lowest BCUT2D eigenvalue weighted by molar-refractivity contribution is -0.164. The smallest absolute Gasteiger partial charge is 0.315 e. The zero-order valence-corrected chi connectivity index (χ0v) is 24.2. The minimum atomic E-state index is -2.05. The molecule has 0 radical (unpaired) electrons. The summed E-state index contributed by atoms with van der Waals surface area (Å²) in [6.45, 7) is 19.4. The van der Waals surface area contributed by atoms with Gasteiger partial charge in [0.25, 0.3) is 0 Å². The highest BCUT2D eigenvalue weighted by Crippen LogP contribution is 2.78. The Morgan fingerprint density at radius 2 is 1.71 bits per heavy atom. The molecule has 0 amide bonds. The van der Waals surface area contributed by atoms with Crippen molar-refractivity contribution in [3.05, 3.63) is 12.2 Å². The fraction of sp³-hybridized carbons (Fsp3) is 0.846. The van der Waals surface area contributed by atoms with Crippen molar-refractivity contribution in [2.24, 2.45) is 34.5 Å². The van der Waals surface area contributed by atoms with Gasteiger partial charge in [-0.1, -0.05) is 12.2 Å². The number of allylic oxidation sites excluding steroid dienone is 1. The predicted molar refractivity (Wildman–Crippen MR) is 134 cm³/mol. The standard InChI is InChI=1S/C26H42O6Si2/c1-15-12-25-13-16(15)10-11-18(25)26-14-17(31-33(4,5)6)21(32-34(7,8)9)24(2,23(28)30-26)20(26)19(25)22(27)29-3/h16-21H,1,10-14H2,2-9H3/t16-,17+,18?,19?,20?,21+,24?,25+,26-/m1/s1. The van der Waals surface area contributed by atoms with Crippen LogP contribution in [-0.4, -0.2) is 53.5 Å². The number of hydrogen-bond donors (Lipinski definition) is 0. The minimum Gasteiger partial charge on any atom is -0.469 e. The van der Waals surface area contributed by atoms with E-state index in [4.69, 9.17) is 18.3 Å². The van der Waals surface area contributed by atoms with E-state index in [1.165, 1.54) is 12.7 Å². The summed E-state index contributed by atoms with van der Waals surface area (Å²) >= 11 is 0. The lowest BCUT2D eigenvalue weighted by Crippen LogP contribution is -2.63. The van der Waals surface area contributed by atoms with E-state index < -0.39 is 33.8 Å². The molecule has 0 aromatic carbocycles. The van der Waals surface area contributed by atoms with Gasteiger partial charge in [-0.15, -0.1) is 0 Å². The first-order chi connectivity index (χ1) is 15.6. The molecule has 4 aliphatic carbocycles. The second kappa shape index (κ2) is 7.29. The molecule has 4 bridgehead atoms. The SMILES string of the molecule is C=C1C[C@]23C[C@H]1CCC2[C@@]12C[C@H](O[Si](C)(C)C)[C@H](O[Si](C)(C)C)C(C)(C(=O)O1)C2C3C(=O)OC. The van der Waals surface area contributed by atoms with Crippen molar-refractivity contribution in [2.45, 2.75) is 96.1 Å². The van der Waals surface area contributed by atoms with Crippen molar-refractivity contribution < 1.29 is 27.9 Å². The van der Waals surface area contributed by atoms with Crippen LogP contribution in [0.25, 0.3) is 0 Å². The third-order valence-electron chi connectivity index (χ3n) is 9.58. The van der Waals surface area contributed by atoms with Crippen molar-refractivity contribution in [3.8, 4) is 0 Å². The molecule has 8 heteroatoms. The first-order valence-electron chi connectivity index (χ1n) is 12.9. The Morgan fingerprint density at radius 3 is 2.29 bits per heavy atom. The largest absolute Gasteiger partial charge is 0.469 e. The molecule has 5 fully saturated rings. The summed E-state index contributed by atoms with van der Waals surface area (Å²) in [6.07, 6.45) is 3.74. The Kier molecular flexibility index (Phi) is 5.30. The van der Waals surface area contributed by atoms with Gasteiger partial charge in [0.05, 0.1) is 30.7 Å². The molecule has 190 valence electrons. The predicted octanol–water partition coefficient (Wildman–Crippen LogP) is 4.91. The topological polar surface area (TPSA) is 71.1 Å². The van der Waals surface area contributed by atoms with Crippen LogP contribution in [-0.2, 0) is 27.9 Å². The van der Waals surface area contributed by atoms with Crippen LogP contribution in [0, 0.1) is 34.5 Å². The quantitative estimate of drug-likeness (QED) is 0.300. The lowest BCUT2D eigenvalue weighted by atomic mass is 9.58. The normalized spacial score (nSPS) is 47.3. The van der Waals surface area contributed by atoms with Gasteiger partial charge in [-0.25, -0.2) is 0 Å². The maximum Gasteiger partial charge on any atom is 0.315 e. The summed E-state index contributed by atoms with van der Waals surface area (Å²) in [6, 6.07) is 0. The summed E-state index contributed by atoms with van der Waals surface area (Å²) in [5.41, 5.74) is -0.655. The number of esters is 2. The number of methoxy groups -OCH3 is 1. The molecule has 0 aromatic rings. The fourth-order valence-electron chi connectivity index (χ4n) is 8.93. The molecule has 5 aliphatic rings. The number of hydrogen-bond acceptors (Lipinski definition) is 6. The Morgan fingerprint density at radius 1 is 1.06 bits per heavy atom. The van der Waals surface area contributed by atoms with Gasteiger partial charge in [-0.2, -0.15) is 0 Å². The zero-order chi connectivity index (χ0) is 25.1. The number of rotatable bonds is 5. The van der Waals surface area contributed by atoms with Gasteiger partial charge in [0.15, 0.2) is 16.6 Å². The van der Waals surface area contributed by atoms with Crippen LogP contribution in [0.5, 0.6) is 0 Å². The maximum absolute atomic E-state index is 13.9. The molecule has 5 rings (SSSR count). The van der Waals surface area contributed by atoms with Crippen LogP contribution in [0.2, 0.25) is 39.3 Å². The Bertz CT molecular complexity index is 937. The molecule has 1 aliphatic heterocycles. The van der Waals surface area contributed by atoms with E-state index in [-0.39, 0.29) is 41.2 Å². The molecular formula is C26H42O6Si2. The molecule has 0 N–H and O–H groups in total. The number of carbonyl (C=O) groups excluding carboxylic acids is 2. The maximum atomic E-state index is 13.9. The molecule has 1 spiro atoms. The van der Waals surface area contributed by atoms with E-state index in [1.807, 2.05) is 6.92 Å². The van der Waals surface area contributed by atoms with Crippen LogP contribution >= 0.6 is 0 Å². The zero-order valence-electron chi connectivity index (χ0n) is 22.2. The second-order valence-electron chi connectivity index (χ2n) is 13.8. The average Bonchev–Trinajstić information content (AvgIpc) is 3.15. The number of ether oxygens (including phenoxy) is 2. The highest BCUT2D eigenvalue weighted by molar-refractivity contribution is 6.70. The Hall–Kier alpha value is -0.966. The summed E-state index contributed by atoms with van der Waals surface area (Å²) in [7, 11) is -2.53. The average molecular weight is 507 g/mol. The van der Waals surface area contributed by atoms with E-state index >= 15 is 0 Å². The first kappa shape index (κ1) is 24.7. The van der Waals surface area contributed by atoms with E-state index in [2.05, 4.69) is 45.9 Å². The van der Waals surface area contributed by atoms with Gasteiger partial charge >= 0.3 is 11.9 Å². The molecular weight excluding hydrogens is 464 g/mol. The molecule has 9 atom stereocenters. The first-order valence-corrected chi connectivity index (χ1v) is 19.8. The van der Waals surface area contributed by atoms with E-state index in [9.17, 15) is 9.59 Å². The van der Waals surface area contributed by atoms with E-state index in [1.54, 1.807) is 0 Å². The van der Waals surface area contributed by atoms with Crippen molar-refractivity contribution in [2.75, 3.05) is 7.11 Å². The number of fused-ring (bicyclic) bond motifs is 1. The molecule has 4 saturated carbocycles. The van der Waals surface area contributed by atoms with Crippen molar-refractivity contribution in [3.63, 3.8) is 0 Å². The van der Waals surface area contributed by atoms with E-state index in [0.717, 1.165) is 25.7 Å². The van der Waals surface area contributed by atoms with Gasteiger partial charge in [-0.3, -0.25) is 9.59 Å². The summed E-state index contributed by atoms with van der Waals surface area (Å²) in [4.78, 5) is 27.5. The summed E-state index contributed by atoms with van der Waals surface area (Å²) < 4.78 is 25.7. The molecule has 6 nitrogen and oxygen atoms in total. The third-order valence-corrected chi connectivity index (χ3v) is 11.6. The highest BCUT2D eigenvalue weighted by Gasteiger charge is 2.85. The third kappa shape index (κ3) is 3.17. The molecule has 1 saturated heterocycles. The fourth-order valence-corrected chi connectivity index (χ4v) is 11.2. The van der Waals surface area contributed by atoms with Crippen LogP contribution in [0.15, 0.2) is 12.2 Å². The Labute approximate surface area is 206 Å². The van der Waals surface area contributed by atoms with Gasteiger partial charge in [0.2, 0.25) is 0 Å². The van der Waals surface area contributed by atoms with Gasteiger partial charge < -0.3 is 18.3 Å². The van der Waals surface area contributed by atoms with E-state index in [0.29, 0.717) is 12.3 Å². The van der Waals surface area contributed by atoms with Crippen LogP contribution in [0.1, 0.15) is 39.0 Å². The molecule has 0 aromatic heterocycles. The van der Waals surface area contributed by atoms with Crippen LogP contribution < -0.4 is 0 Å². The van der Waals surface area contributed by atoms with Gasteiger partial charge in [-0.05, 0) is 83.2 Å². The van der Waals surface area contributed by atoms with Gasteiger partial charge in [0, 0.05) is 18.3 Å². The minimum absolute atomic E-state index is 0.121. The van der Waals surface area contributed by atoms with Crippen LogP contribution in [0.4, 0.5) is 0 Å². The Balaban J connectivity index is 1.71. The van der Waals surface area contributed by atoms with Crippen molar-refractivity contribution >= 4 is 28.6 Å².